The summed E-state index contributed by atoms with van der Waals surface area (Å²) in [6.45, 7) is 2.59. The van der Waals surface area contributed by atoms with Crippen LogP contribution < -0.4 is 0 Å². The minimum atomic E-state index is -0.873. The molecule has 1 saturated heterocycles. The van der Waals surface area contributed by atoms with Gasteiger partial charge in [0.05, 0.1) is 16.5 Å². The largest absolute Gasteiger partial charge is 0.507 e. The SMILES string of the molecule is CCCCCCCCCCCCCCCCN1C(=O)C(=O)/C(=C(/O)c2ccccc2)[C@H]1c1cccc([N+](=O)[O-])c1. The van der Waals surface area contributed by atoms with E-state index in [9.17, 15) is 24.8 Å². The van der Waals surface area contributed by atoms with Crippen LogP contribution in [-0.2, 0) is 9.59 Å². The summed E-state index contributed by atoms with van der Waals surface area (Å²) in [5, 5.41) is 22.5. The van der Waals surface area contributed by atoms with E-state index in [4.69, 9.17) is 0 Å². The fourth-order valence-corrected chi connectivity index (χ4v) is 5.49. The average molecular weight is 549 g/mol. The molecular weight excluding hydrogens is 504 g/mol. The minimum absolute atomic E-state index is 0.0259. The second-order valence-electron chi connectivity index (χ2n) is 10.8. The zero-order chi connectivity index (χ0) is 28.7. The van der Waals surface area contributed by atoms with Crippen LogP contribution in [-0.4, -0.2) is 33.2 Å². The molecule has 1 N–H and O–H groups in total. The van der Waals surface area contributed by atoms with E-state index in [-0.39, 0.29) is 17.0 Å². The van der Waals surface area contributed by atoms with Gasteiger partial charge in [0.25, 0.3) is 17.4 Å². The van der Waals surface area contributed by atoms with Crippen LogP contribution in [0.15, 0.2) is 60.2 Å². The van der Waals surface area contributed by atoms with Crippen molar-refractivity contribution in [1.29, 1.82) is 0 Å². The van der Waals surface area contributed by atoms with Gasteiger partial charge in [0, 0.05) is 24.2 Å². The van der Waals surface area contributed by atoms with Crippen molar-refractivity contribution in [2.45, 2.75) is 103 Å². The number of likely N-dealkylation sites (tertiary alicyclic amines) is 1. The number of unbranched alkanes of at least 4 members (excludes halogenated alkanes) is 13. The molecule has 0 unspecified atom stereocenters. The number of amides is 1. The molecule has 1 amide bonds. The van der Waals surface area contributed by atoms with Crippen molar-refractivity contribution in [2.24, 2.45) is 0 Å². The summed E-state index contributed by atoms with van der Waals surface area (Å²) in [4.78, 5) is 38.7. The highest BCUT2D eigenvalue weighted by atomic mass is 16.6. The molecule has 2 aromatic rings. The summed E-state index contributed by atoms with van der Waals surface area (Å²) in [6.07, 6.45) is 17.0. The van der Waals surface area contributed by atoms with E-state index in [1.54, 1.807) is 42.5 Å². The van der Waals surface area contributed by atoms with Crippen LogP contribution in [0.2, 0.25) is 0 Å². The molecule has 0 aliphatic carbocycles. The first-order valence-electron chi connectivity index (χ1n) is 15.0. The maximum absolute atomic E-state index is 13.1. The number of carbonyl (C=O) groups is 2. The first-order chi connectivity index (χ1) is 19.5. The molecule has 216 valence electrons. The Kier molecular flexibility index (Phi) is 12.9. The van der Waals surface area contributed by atoms with Crippen molar-refractivity contribution >= 4 is 23.1 Å². The number of benzene rings is 2. The summed E-state index contributed by atoms with van der Waals surface area (Å²) >= 11 is 0. The lowest BCUT2D eigenvalue weighted by molar-refractivity contribution is -0.384. The number of aliphatic hydroxyl groups excluding tert-OH is 1. The number of carbonyl (C=O) groups excluding carboxylic acids is 2. The average Bonchev–Trinajstić information content (AvgIpc) is 3.22. The van der Waals surface area contributed by atoms with Crippen LogP contribution in [0, 0.1) is 10.1 Å². The number of nitro benzene ring substituents is 1. The molecule has 2 aromatic carbocycles. The van der Waals surface area contributed by atoms with Crippen LogP contribution in [0.5, 0.6) is 0 Å². The Morgan fingerprint density at radius 1 is 0.800 bits per heavy atom. The molecule has 1 heterocycles. The normalized spacial score (nSPS) is 16.5. The molecule has 0 spiro atoms. The summed E-state index contributed by atoms with van der Waals surface area (Å²) < 4.78 is 0. The fourth-order valence-electron chi connectivity index (χ4n) is 5.49. The van der Waals surface area contributed by atoms with Gasteiger partial charge in [-0.05, 0) is 12.0 Å². The van der Waals surface area contributed by atoms with Crippen molar-refractivity contribution in [2.75, 3.05) is 6.54 Å². The van der Waals surface area contributed by atoms with Crippen LogP contribution >= 0.6 is 0 Å². The zero-order valence-corrected chi connectivity index (χ0v) is 23.9. The molecular formula is C33H44N2O5. The number of nitrogens with zero attached hydrogens (tertiary/aromatic N) is 2. The number of hydrogen-bond donors (Lipinski definition) is 1. The van der Waals surface area contributed by atoms with E-state index in [1.165, 1.54) is 81.2 Å². The predicted molar refractivity (Wildman–Crippen MR) is 159 cm³/mol. The van der Waals surface area contributed by atoms with E-state index < -0.39 is 22.7 Å². The molecule has 7 nitrogen and oxygen atoms in total. The molecule has 0 radical (unpaired) electrons. The molecule has 0 bridgehead atoms. The summed E-state index contributed by atoms with van der Waals surface area (Å²) in [5.41, 5.74) is 0.713. The number of Topliss-reactive ketones (excluding diaryl/α,β-unsaturated/α-hetero) is 1. The number of hydrogen-bond acceptors (Lipinski definition) is 5. The Bertz CT molecular complexity index is 1140. The first-order valence-corrected chi connectivity index (χ1v) is 15.0. The Labute approximate surface area is 238 Å². The molecule has 7 heteroatoms. The number of non-ortho nitro benzene ring substituents is 1. The summed E-state index contributed by atoms with van der Waals surface area (Å²) in [7, 11) is 0. The number of rotatable bonds is 18. The molecule has 0 aromatic heterocycles. The van der Waals surface area contributed by atoms with Gasteiger partial charge in [-0.2, -0.15) is 0 Å². The highest BCUT2D eigenvalue weighted by molar-refractivity contribution is 6.46. The van der Waals surface area contributed by atoms with Crippen LogP contribution in [0.4, 0.5) is 5.69 Å². The van der Waals surface area contributed by atoms with E-state index >= 15 is 0 Å². The van der Waals surface area contributed by atoms with Crippen molar-refractivity contribution in [1.82, 2.24) is 4.90 Å². The van der Waals surface area contributed by atoms with E-state index in [1.807, 2.05) is 0 Å². The molecule has 1 aliphatic heterocycles. The molecule has 0 saturated carbocycles. The lowest BCUT2D eigenvalue weighted by Gasteiger charge is -2.25. The molecule has 40 heavy (non-hydrogen) atoms. The Balaban J connectivity index is 1.57. The third-order valence-electron chi connectivity index (χ3n) is 7.74. The van der Waals surface area contributed by atoms with Crippen LogP contribution in [0.25, 0.3) is 5.76 Å². The number of nitro groups is 1. The third kappa shape index (κ3) is 8.77. The van der Waals surface area contributed by atoms with Crippen LogP contribution in [0.3, 0.4) is 0 Å². The smallest absolute Gasteiger partial charge is 0.295 e. The summed E-state index contributed by atoms with van der Waals surface area (Å²) in [5.74, 6) is -1.70. The quantitative estimate of drug-likeness (QED) is 0.0502. The Morgan fingerprint density at radius 2 is 1.35 bits per heavy atom. The van der Waals surface area contributed by atoms with Gasteiger partial charge in [0.15, 0.2) is 0 Å². The lowest BCUT2D eigenvalue weighted by Crippen LogP contribution is -2.30. The van der Waals surface area contributed by atoms with E-state index in [0.29, 0.717) is 17.7 Å². The lowest BCUT2D eigenvalue weighted by atomic mass is 9.95. The molecule has 1 fully saturated rings. The van der Waals surface area contributed by atoms with Gasteiger partial charge >= 0.3 is 0 Å². The standard InChI is InChI=1S/C33H44N2O5/c1-2-3-4-5-6-7-8-9-10-11-12-13-14-18-24-34-30(27-22-19-23-28(25-27)35(39)40)29(32(37)33(34)38)31(36)26-20-16-15-17-21-26/h15-17,19-23,25,30,36H,2-14,18,24H2,1H3/b31-29+/t30-/m1/s1. The molecule has 3 rings (SSSR count). The highest BCUT2D eigenvalue weighted by Gasteiger charge is 2.46. The number of ketones is 1. The Morgan fingerprint density at radius 3 is 1.90 bits per heavy atom. The predicted octanol–water partition coefficient (Wildman–Crippen LogP) is 8.50. The van der Waals surface area contributed by atoms with Gasteiger partial charge in [-0.3, -0.25) is 19.7 Å². The highest BCUT2D eigenvalue weighted by Crippen LogP contribution is 2.40. The van der Waals surface area contributed by atoms with Crippen molar-refractivity contribution in [3.05, 3.63) is 81.4 Å². The van der Waals surface area contributed by atoms with E-state index in [2.05, 4.69) is 6.92 Å². The molecule has 1 atom stereocenters. The number of aliphatic hydroxyl groups is 1. The van der Waals surface area contributed by atoms with Crippen molar-refractivity contribution in [3.8, 4) is 0 Å². The van der Waals surface area contributed by atoms with Crippen molar-refractivity contribution in [3.63, 3.8) is 0 Å². The van der Waals surface area contributed by atoms with E-state index in [0.717, 1.165) is 25.7 Å². The minimum Gasteiger partial charge on any atom is -0.507 e. The fraction of sp³-hybridized carbons (Fsp3) is 0.515. The monoisotopic (exact) mass is 548 g/mol. The topological polar surface area (TPSA) is 101 Å². The summed E-state index contributed by atoms with van der Waals surface area (Å²) in [6, 6.07) is 13.7. The first kappa shape index (κ1) is 31.1. The van der Waals surface area contributed by atoms with Gasteiger partial charge in [-0.15, -0.1) is 0 Å². The third-order valence-corrected chi connectivity index (χ3v) is 7.74. The molecule has 1 aliphatic rings. The second-order valence-corrected chi connectivity index (χ2v) is 10.8. The second kappa shape index (κ2) is 16.6. The maximum Gasteiger partial charge on any atom is 0.295 e. The maximum atomic E-state index is 13.1. The van der Waals surface area contributed by atoms with Crippen molar-refractivity contribution < 1.29 is 19.6 Å². The zero-order valence-electron chi connectivity index (χ0n) is 23.9. The van der Waals surface area contributed by atoms with Gasteiger partial charge < -0.3 is 10.0 Å². The van der Waals surface area contributed by atoms with Gasteiger partial charge in [0.2, 0.25) is 0 Å². The van der Waals surface area contributed by atoms with Gasteiger partial charge in [-0.25, -0.2) is 0 Å². The van der Waals surface area contributed by atoms with Gasteiger partial charge in [-0.1, -0.05) is 133 Å². The Hall–Kier alpha value is -3.48. The van der Waals surface area contributed by atoms with Crippen LogP contribution in [0.1, 0.15) is 114 Å². The van der Waals surface area contributed by atoms with Gasteiger partial charge in [0.1, 0.15) is 5.76 Å².